The zero-order chi connectivity index (χ0) is 14.0. The number of rotatable bonds is 4. The van der Waals surface area contributed by atoms with Gasteiger partial charge in [-0.3, -0.25) is 10.1 Å². The predicted octanol–water partition coefficient (Wildman–Crippen LogP) is 1.88. The van der Waals surface area contributed by atoms with Crippen LogP contribution in [0, 0.1) is 10.1 Å². The van der Waals surface area contributed by atoms with Gasteiger partial charge in [0.05, 0.1) is 10.6 Å². The highest BCUT2D eigenvalue weighted by molar-refractivity contribution is 5.56. The van der Waals surface area contributed by atoms with E-state index in [2.05, 4.69) is 10.1 Å². The van der Waals surface area contributed by atoms with Crippen LogP contribution in [0.4, 0.5) is 11.4 Å². The van der Waals surface area contributed by atoms with E-state index in [1.807, 2.05) is 13.8 Å². The van der Waals surface area contributed by atoms with Gasteiger partial charge in [-0.15, -0.1) is 0 Å². The SMILES string of the molecule is CCc1nc(CC)n(-c2cc(N)cc([N+](=O)[O-])c2)n1. The van der Waals surface area contributed by atoms with Crippen molar-refractivity contribution in [3.63, 3.8) is 0 Å². The smallest absolute Gasteiger partial charge is 0.273 e. The quantitative estimate of drug-likeness (QED) is 0.514. The normalized spacial score (nSPS) is 10.6. The Labute approximate surface area is 110 Å². The highest BCUT2D eigenvalue weighted by Gasteiger charge is 2.14. The van der Waals surface area contributed by atoms with Gasteiger partial charge in [-0.1, -0.05) is 13.8 Å². The predicted molar refractivity (Wildman–Crippen MR) is 71.2 cm³/mol. The Balaban J connectivity index is 2.57. The lowest BCUT2D eigenvalue weighted by atomic mass is 10.2. The van der Waals surface area contributed by atoms with Crippen LogP contribution < -0.4 is 5.73 Å². The van der Waals surface area contributed by atoms with Crippen molar-refractivity contribution in [2.75, 3.05) is 5.73 Å². The first-order valence-electron chi connectivity index (χ1n) is 6.05. The molecule has 7 heteroatoms. The zero-order valence-corrected chi connectivity index (χ0v) is 10.8. The van der Waals surface area contributed by atoms with Crippen molar-refractivity contribution in [1.29, 1.82) is 0 Å². The van der Waals surface area contributed by atoms with Crippen molar-refractivity contribution in [3.05, 3.63) is 40.0 Å². The second-order valence-corrected chi connectivity index (χ2v) is 4.10. The summed E-state index contributed by atoms with van der Waals surface area (Å²) in [6.07, 6.45) is 1.40. The molecule has 1 aromatic heterocycles. The van der Waals surface area contributed by atoms with Gasteiger partial charge in [-0.05, 0) is 6.07 Å². The number of hydrogen-bond donors (Lipinski definition) is 1. The molecule has 0 atom stereocenters. The summed E-state index contributed by atoms with van der Waals surface area (Å²) in [5.41, 5.74) is 6.55. The number of anilines is 1. The molecule has 2 N–H and O–H groups in total. The van der Waals surface area contributed by atoms with Gasteiger partial charge >= 0.3 is 0 Å². The molecule has 0 amide bonds. The van der Waals surface area contributed by atoms with Crippen molar-refractivity contribution in [1.82, 2.24) is 14.8 Å². The van der Waals surface area contributed by atoms with Gasteiger partial charge in [0.1, 0.15) is 5.82 Å². The second kappa shape index (κ2) is 5.05. The van der Waals surface area contributed by atoms with E-state index in [1.54, 1.807) is 10.7 Å². The molecule has 0 aliphatic rings. The van der Waals surface area contributed by atoms with Crippen molar-refractivity contribution in [3.8, 4) is 5.69 Å². The van der Waals surface area contributed by atoms with Crippen LogP contribution in [0.3, 0.4) is 0 Å². The third-order valence-corrected chi connectivity index (χ3v) is 2.73. The van der Waals surface area contributed by atoms with Gasteiger partial charge in [-0.25, -0.2) is 9.67 Å². The molecule has 19 heavy (non-hydrogen) atoms. The van der Waals surface area contributed by atoms with E-state index < -0.39 is 4.92 Å². The van der Waals surface area contributed by atoms with Crippen LogP contribution in [0.15, 0.2) is 18.2 Å². The number of benzene rings is 1. The Hall–Kier alpha value is -2.44. The fourth-order valence-electron chi connectivity index (χ4n) is 1.82. The van der Waals surface area contributed by atoms with Gasteiger partial charge in [0.25, 0.3) is 5.69 Å². The van der Waals surface area contributed by atoms with E-state index in [1.165, 1.54) is 12.1 Å². The number of nitro groups is 1. The first kappa shape index (κ1) is 13.0. The average Bonchev–Trinajstić information content (AvgIpc) is 2.81. The third kappa shape index (κ3) is 2.54. The molecular weight excluding hydrogens is 246 g/mol. The fraction of sp³-hybridized carbons (Fsp3) is 0.333. The Kier molecular flexibility index (Phi) is 3.46. The summed E-state index contributed by atoms with van der Waals surface area (Å²) in [4.78, 5) is 14.8. The molecule has 2 rings (SSSR count). The summed E-state index contributed by atoms with van der Waals surface area (Å²) in [6, 6.07) is 4.43. The largest absolute Gasteiger partial charge is 0.398 e. The Bertz CT molecular complexity index is 621. The molecule has 2 aromatic rings. The summed E-state index contributed by atoms with van der Waals surface area (Å²) in [5, 5.41) is 15.2. The Morgan fingerprint density at radius 2 is 2.05 bits per heavy atom. The molecule has 0 radical (unpaired) electrons. The van der Waals surface area contributed by atoms with E-state index in [0.29, 0.717) is 30.0 Å². The molecular formula is C12H15N5O2. The first-order chi connectivity index (χ1) is 9.05. The van der Waals surface area contributed by atoms with E-state index in [9.17, 15) is 10.1 Å². The molecule has 0 unspecified atom stereocenters. The number of hydrogen-bond acceptors (Lipinski definition) is 5. The van der Waals surface area contributed by atoms with Gasteiger partial charge in [-0.2, -0.15) is 5.10 Å². The van der Waals surface area contributed by atoms with Gasteiger partial charge in [0, 0.05) is 30.7 Å². The molecule has 7 nitrogen and oxygen atoms in total. The molecule has 0 aliphatic carbocycles. The average molecular weight is 261 g/mol. The fourth-order valence-corrected chi connectivity index (χ4v) is 1.82. The molecule has 100 valence electrons. The lowest BCUT2D eigenvalue weighted by Gasteiger charge is -2.05. The molecule has 0 spiro atoms. The van der Waals surface area contributed by atoms with Gasteiger partial charge in [0.2, 0.25) is 0 Å². The highest BCUT2D eigenvalue weighted by Crippen LogP contribution is 2.22. The standard InChI is InChI=1S/C12H15N5O2/c1-3-11-14-12(4-2)16(15-11)9-5-8(13)6-10(7-9)17(18)19/h5-7H,3-4,13H2,1-2H3. The number of nitrogens with zero attached hydrogens (tertiary/aromatic N) is 4. The number of nitro benzene ring substituents is 1. The summed E-state index contributed by atoms with van der Waals surface area (Å²) in [5.74, 6) is 1.47. The molecule has 0 saturated heterocycles. The monoisotopic (exact) mass is 261 g/mol. The molecule has 0 saturated carbocycles. The van der Waals surface area contributed by atoms with Gasteiger partial charge < -0.3 is 5.73 Å². The minimum absolute atomic E-state index is 0.0504. The minimum Gasteiger partial charge on any atom is -0.398 e. The number of aromatic nitrogens is 3. The van der Waals surface area contributed by atoms with Crippen LogP contribution in [-0.4, -0.2) is 19.7 Å². The summed E-state index contributed by atoms with van der Waals surface area (Å²) in [7, 11) is 0. The van der Waals surface area contributed by atoms with E-state index in [4.69, 9.17) is 5.73 Å². The zero-order valence-electron chi connectivity index (χ0n) is 10.8. The number of nitrogen functional groups attached to an aromatic ring is 1. The van der Waals surface area contributed by atoms with Crippen molar-refractivity contribution in [2.24, 2.45) is 0 Å². The summed E-state index contributed by atoms with van der Waals surface area (Å²) >= 11 is 0. The van der Waals surface area contributed by atoms with Crippen LogP contribution >= 0.6 is 0 Å². The maximum atomic E-state index is 10.9. The molecule has 0 bridgehead atoms. The van der Waals surface area contributed by atoms with Crippen molar-refractivity contribution < 1.29 is 4.92 Å². The topological polar surface area (TPSA) is 99.9 Å². The maximum Gasteiger partial charge on any atom is 0.273 e. The van der Waals surface area contributed by atoms with Crippen LogP contribution in [-0.2, 0) is 12.8 Å². The highest BCUT2D eigenvalue weighted by atomic mass is 16.6. The molecule has 1 heterocycles. The minimum atomic E-state index is -0.469. The number of nitrogens with two attached hydrogens (primary N) is 1. The lowest BCUT2D eigenvalue weighted by molar-refractivity contribution is -0.384. The number of non-ortho nitro benzene ring substituents is 1. The molecule has 1 aromatic carbocycles. The van der Waals surface area contributed by atoms with E-state index in [0.717, 1.165) is 5.82 Å². The van der Waals surface area contributed by atoms with Crippen molar-refractivity contribution in [2.45, 2.75) is 26.7 Å². The van der Waals surface area contributed by atoms with Crippen LogP contribution in [0.25, 0.3) is 5.69 Å². The Morgan fingerprint density at radius 1 is 1.32 bits per heavy atom. The lowest BCUT2D eigenvalue weighted by Crippen LogP contribution is -2.04. The molecule has 0 aliphatic heterocycles. The number of aryl methyl sites for hydroxylation is 2. The van der Waals surface area contributed by atoms with Crippen LogP contribution in [0.1, 0.15) is 25.5 Å². The van der Waals surface area contributed by atoms with Crippen LogP contribution in [0.5, 0.6) is 0 Å². The Morgan fingerprint density at radius 3 is 2.63 bits per heavy atom. The van der Waals surface area contributed by atoms with E-state index in [-0.39, 0.29) is 5.69 Å². The van der Waals surface area contributed by atoms with Crippen molar-refractivity contribution >= 4 is 11.4 Å². The second-order valence-electron chi connectivity index (χ2n) is 4.10. The summed E-state index contributed by atoms with van der Waals surface area (Å²) < 4.78 is 1.61. The maximum absolute atomic E-state index is 10.9. The first-order valence-corrected chi connectivity index (χ1v) is 6.05. The van der Waals surface area contributed by atoms with Gasteiger partial charge in [0.15, 0.2) is 5.82 Å². The van der Waals surface area contributed by atoms with E-state index >= 15 is 0 Å². The van der Waals surface area contributed by atoms with Crippen LogP contribution in [0.2, 0.25) is 0 Å². The summed E-state index contributed by atoms with van der Waals surface area (Å²) in [6.45, 7) is 3.92. The molecule has 0 fully saturated rings. The third-order valence-electron chi connectivity index (χ3n) is 2.73.